The normalized spacial score (nSPS) is 12.4. The summed E-state index contributed by atoms with van der Waals surface area (Å²) in [4.78, 5) is 11.9. The van der Waals surface area contributed by atoms with Crippen molar-refractivity contribution < 1.29 is 13.7 Å². The molecule has 0 saturated heterocycles. The topological polar surface area (TPSA) is 71.6 Å². The average Bonchev–Trinajstić information content (AvgIpc) is 2.79. The number of fused-ring (bicyclic) bond motifs is 1. The van der Waals surface area contributed by atoms with Gasteiger partial charge in [-0.1, -0.05) is 6.07 Å². The largest absolute Gasteiger partial charge is 0.463 e. The van der Waals surface area contributed by atoms with Crippen LogP contribution in [0.25, 0.3) is 11.6 Å². The number of carbonyl (C=O) groups is 1. The van der Waals surface area contributed by atoms with E-state index in [2.05, 4.69) is 6.07 Å². The van der Waals surface area contributed by atoms with Crippen LogP contribution in [0.15, 0.2) is 35.4 Å². The maximum Gasteiger partial charge on any atom is 0.330 e. The van der Waals surface area contributed by atoms with Crippen molar-refractivity contribution in [3.05, 3.63) is 41.7 Å². The summed E-state index contributed by atoms with van der Waals surface area (Å²) >= 11 is 0. The van der Waals surface area contributed by atoms with E-state index in [0.717, 1.165) is 0 Å². The summed E-state index contributed by atoms with van der Waals surface area (Å²) in [7, 11) is -1.35. The zero-order valence-corrected chi connectivity index (χ0v) is 12.5. The van der Waals surface area contributed by atoms with E-state index in [1.165, 1.54) is 18.4 Å². The van der Waals surface area contributed by atoms with Crippen molar-refractivity contribution in [2.24, 2.45) is 0 Å². The summed E-state index contributed by atoms with van der Waals surface area (Å²) in [5.74, 6) is -0.477. The Balaban J connectivity index is 2.67. The highest BCUT2D eigenvalue weighted by Gasteiger charge is 2.19. The summed E-state index contributed by atoms with van der Waals surface area (Å²) in [5, 5.41) is 9.33. The third-order valence-corrected chi connectivity index (χ3v) is 3.89. The number of hydrogen-bond acceptors (Lipinski definition) is 4. The smallest absolute Gasteiger partial charge is 0.330 e. The minimum atomic E-state index is -1.35. The maximum atomic E-state index is 12.0. The molecule has 0 aliphatic carbocycles. The van der Waals surface area contributed by atoms with Crippen LogP contribution < -0.4 is 0 Å². The molecule has 21 heavy (non-hydrogen) atoms. The van der Waals surface area contributed by atoms with E-state index in [4.69, 9.17) is 4.74 Å². The Morgan fingerprint density at radius 1 is 1.52 bits per heavy atom. The fourth-order valence-electron chi connectivity index (χ4n) is 2.10. The predicted octanol–water partition coefficient (Wildman–Crippen LogP) is 2.12. The van der Waals surface area contributed by atoms with Gasteiger partial charge in [0.25, 0.3) is 0 Å². The molecule has 0 spiro atoms. The van der Waals surface area contributed by atoms with Crippen LogP contribution in [0.5, 0.6) is 0 Å². The third-order valence-electron chi connectivity index (χ3n) is 2.90. The molecule has 2 heterocycles. The van der Waals surface area contributed by atoms with Crippen molar-refractivity contribution in [1.82, 2.24) is 4.40 Å². The van der Waals surface area contributed by atoms with Gasteiger partial charge in [-0.2, -0.15) is 5.26 Å². The maximum absolute atomic E-state index is 12.0. The van der Waals surface area contributed by atoms with Crippen LogP contribution in [0.2, 0.25) is 0 Å². The summed E-state index contributed by atoms with van der Waals surface area (Å²) in [5.41, 5.74) is 1.57. The van der Waals surface area contributed by atoms with Crippen molar-refractivity contribution in [2.75, 3.05) is 12.9 Å². The van der Waals surface area contributed by atoms with Gasteiger partial charge in [0.1, 0.15) is 6.07 Å². The third kappa shape index (κ3) is 2.88. The molecular formula is C15H14N2O3S. The molecule has 0 fully saturated rings. The van der Waals surface area contributed by atoms with Crippen molar-refractivity contribution in [3.8, 4) is 6.07 Å². The molecule has 0 saturated carbocycles. The molecule has 0 aromatic carbocycles. The minimum absolute atomic E-state index is 0.286. The fourth-order valence-corrected chi connectivity index (χ4v) is 3.00. The van der Waals surface area contributed by atoms with Gasteiger partial charge in [0, 0.05) is 18.5 Å². The molecule has 0 amide bonds. The number of nitrogens with zero attached hydrogens (tertiary/aromatic N) is 2. The van der Waals surface area contributed by atoms with Gasteiger partial charge in [-0.3, -0.25) is 4.21 Å². The first kappa shape index (κ1) is 15.0. The second-order valence-electron chi connectivity index (χ2n) is 4.20. The Morgan fingerprint density at radius 2 is 2.29 bits per heavy atom. The highest BCUT2D eigenvalue weighted by atomic mass is 32.2. The van der Waals surface area contributed by atoms with Crippen molar-refractivity contribution >= 4 is 28.4 Å². The summed E-state index contributed by atoms with van der Waals surface area (Å²) in [6, 6.07) is 7.47. The molecule has 108 valence electrons. The van der Waals surface area contributed by atoms with Crippen LogP contribution >= 0.6 is 0 Å². The second-order valence-corrected chi connectivity index (χ2v) is 5.51. The van der Waals surface area contributed by atoms with E-state index < -0.39 is 16.8 Å². The van der Waals surface area contributed by atoms with Crippen molar-refractivity contribution in [1.29, 1.82) is 5.26 Å². The summed E-state index contributed by atoms with van der Waals surface area (Å²) in [6.07, 6.45) is 6.08. The number of ether oxygens (including phenoxy) is 1. The van der Waals surface area contributed by atoms with Crippen LogP contribution in [0.4, 0.5) is 0 Å². The first-order valence-electron chi connectivity index (χ1n) is 6.31. The molecule has 0 bridgehead atoms. The average molecular weight is 302 g/mol. The zero-order valence-electron chi connectivity index (χ0n) is 11.7. The SMILES string of the molecule is CCOC(=O)/C=C/c1c(S(C)=O)c(C#N)c2ccccn12. The molecule has 2 aromatic heterocycles. The summed E-state index contributed by atoms with van der Waals surface area (Å²) in [6.45, 7) is 2.01. The Hall–Kier alpha value is -2.39. The molecule has 2 aromatic rings. The van der Waals surface area contributed by atoms with Gasteiger partial charge in [-0.25, -0.2) is 4.79 Å². The standard InChI is InChI=1S/C15H14N2O3S/c1-3-20-14(18)8-7-13-15(21(2)19)11(10-16)12-6-4-5-9-17(12)13/h4-9H,3H2,1-2H3/b8-7+. The predicted molar refractivity (Wildman–Crippen MR) is 80.1 cm³/mol. The number of nitriles is 1. The van der Waals surface area contributed by atoms with Crippen molar-refractivity contribution in [2.45, 2.75) is 11.8 Å². The number of rotatable bonds is 4. The lowest BCUT2D eigenvalue weighted by molar-refractivity contribution is -0.137. The Kier molecular flexibility index (Phi) is 4.55. The van der Waals surface area contributed by atoms with E-state index in [1.54, 1.807) is 35.7 Å². The van der Waals surface area contributed by atoms with Crippen LogP contribution in [0.1, 0.15) is 18.2 Å². The quantitative estimate of drug-likeness (QED) is 0.640. The van der Waals surface area contributed by atoms with Gasteiger partial charge in [0.05, 0.1) is 39.1 Å². The lowest BCUT2D eigenvalue weighted by atomic mass is 10.2. The minimum Gasteiger partial charge on any atom is -0.463 e. The monoisotopic (exact) mass is 302 g/mol. The number of hydrogen-bond donors (Lipinski definition) is 0. The van der Waals surface area contributed by atoms with Gasteiger partial charge < -0.3 is 9.14 Å². The van der Waals surface area contributed by atoms with Gasteiger partial charge in [0.2, 0.25) is 0 Å². The van der Waals surface area contributed by atoms with Gasteiger partial charge in [-0.05, 0) is 25.1 Å². The second kappa shape index (κ2) is 6.37. The highest BCUT2D eigenvalue weighted by Crippen LogP contribution is 2.26. The molecule has 2 rings (SSSR count). The highest BCUT2D eigenvalue weighted by molar-refractivity contribution is 7.84. The lowest BCUT2D eigenvalue weighted by Crippen LogP contribution is -2.00. The molecule has 0 aliphatic rings. The van der Waals surface area contributed by atoms with Crippen LogP contribution in [-0.4, -0.2) is 27.4 Å². The summed E-state index contributed by atoms with van der Waals surface area (Å²) < 4.78 is 18.6. The molecule has 5 nitrogen and oxygen atoms in total. The van der Waals surface area contributed by atoms with E-state index in [9.17, 15) is 14.3 Å². The molecular weight excluding hydrogens is 288 g/mol. The number of esters is 1. The van der Waals surface area contributed by atoms with E-state index >= 15 is 0 Å². The van der Waals surface area contributed by atoms with Crippen LogP contribution in [0.3, 0.4) is 0 Å². The molecule has 1 unspecified atom stereocenters. The fraction of sp³-hybridized carbons (Fsp3) is 0.200. The zero-order chi connectivity index (χ0) is 15.4. The Labute approximate surface area is 124 Å². The van der Waals surface area contributed by atoms with E-state index in [0.29, 0.717) is 21.7 Å². The van der Waals surface area contributed by atoms with Gasteiger partial charge in [-0.15, -0.1) is 0 Å². The Morgan fingerprint density at radius 3 is 2.90 bits per heavy atom. The van der Waals surface area contributed by atoms with E-state index in [1.807, 2.05) is 0 Å². The molecule has 1 atom stereocenters. The van der Waals surface area contributed by atoms with Crippen LogP contribution in [0, 0.1) is 11.3 Å². The number of aromatic nitrogens is 1. The lowest BCUT2D eigenvalue weighted by Gasteiger charge is -2.00. The van der Waals surface area contributed by atoms with E-state index in [-0.39, 0.29) is 6.61 Å². The number of carbonyl (C=O) groups excluding carboxylic acids is 1. The Bertz CT molecular complexity index is 784. The molecule has 6 heteroatoms. The van der Waals surface area contributed by atoms with Gasteiger partial charge in [0.15, 0.2) is 0 Å². The first-order chi connectivity index (χ1) is 10.1. The number of pyridine rings is 1. The van der Waals surface area contributed by atoms with Crippen molar-refractivity contribution in [3.63, 3.8) is 0 Å². The molecule has 0 radical (unpaired) electrons. The molecule has 0 N–H and O–H groups in total. The first-order valence-corrected chi connectivity index (χ1v) is 7.87. The molecule has 0 aliphatic heterocycles. The van der Waals surface area contributed by atoms with Crippen LogP contribution in [-0.2, 0) is 20.3 Å². The van der Waals surface area contributed by atoms with Gasteiger partial charge >= 0.3 is 5.97 Å².